The van der Waals surface area contributed by atoms with Crippen LogP contribution in [0.2, 0.25) is 0 Å². The van der Waals surface area contributed by atoms with Gasteiger partial charge in [-0.2, -0.15) is 0 Å². The second-order valence-electron chi connectivity index (χ2n) is 2.50. The molecule has 0 spiro atoms. The summed E-state index contributed by atoms with van der Waals surface area (Å²) >= 11 is 1.41. The number of rotatable bonds is 3. The summed E-state index contributed by atoms with van der Waals surface area (Å²) in [6.45, 7) is 0.477. The minimum Gasteiger partial charge on any atom is -0.327 e. The van der Waals surface area contributed by atoms with E-state index in [1.165, 1.54) is 17.8 Å². The van der Waals surface area contributed by atoms with Crippen LogP contribution >= 0.6 is 11.8 Å². The number of halogens is 1. The van der Waals surface area contributed by atoms with Gasteiger partial charge in [-0.1, -0.05) is 24.3 Å². The van der Waals surface area contributed by atoms with E-state index in [1.807, 2.05) is 24.5 Å². The molecule has 0 fully saturated rings. The van der Waals surface area contributed by atoms with Gasteiger partial charge in [0.15, 0.2) is 0 Å². The van der Waals surface area contributed by atoms with Crippen molar-refractivity contribution in [3.05, 3.63) is 35.7 Å². The first kappa shape index (κ1) is 10.3. The molecule has 1 aromatic carbocycles. The summed E-state index contributed by atoms with van der Waals surface area (Å²) in [5.41, 5.74) is 6.21. The van der Waals surface area contributed by atoms with Gasteiger partial charge in [0.25, 0.3) is 0 Å². The lowest BCUT2D eigenvalue weighted by atomic mass is 10.2. The molecule has 0 heterocycles. The highest BCUT2D eigenvalue weighted by Gasteiger charge is 2.03. The summed E-state index contributed by atoms with van der Waals surface area (Å²) in [6.07, 6.45) is 5.52. The van der Waals surface area contributed by atoms with Gasteiger partial charge in [0.05, 0.1) is 0 Å². The fourth-order valence-corrected chi connectivity index (χ4v) is 1.70. The van der Waals surface area contributed by atoms with Gasteiger partial charge in [-0.25, -0.2) is 4.39 Å². The van der Waals surface area contributed by atoms with E-state index in [2.05, 4.69) is 0 Å². The second kappa shape index (κ2) is 5.04. The monoisotopic (exact) mass is 197 g/mol. The van der Waals surface area contributed by atoms with Crippen molar-refractivity contribution < 1.29 is 4.39 Å². The molecule has 0 unspecified atom stereocenters. The number of nitrogens with two attached hydrogens (primary N) is 1. The van der Waals surface area contributed by atoms with Crippen LogP contribution in [0.15, 0.2) is 29.2 Å². The third-order valence-corrected chi connectivity index (χ3v) is 2.47. The largest absolute Gasteiger partial charge is 0.327 e. The number of thioether (sulfide) groups is 1. The van der Waals surface area contributed by atoms with Crippen molar-refractivity contribution in [3.63, 3.8) is 0 Å². The molecule has 1 rings (SSSR count). The van der Waals surface area contributed by atoms with Crippen molar-refractivity contribution in [2.75, 3.05) is 12.8 Å². The zero-order chi connectivity index (χ0) is 9.68. The molecular weight excluding hydrogens is 185 g/mol. The van der Waals surface area contributed by atoms with E-state index >= 15 is 0 Å². The lowest BCUT2D eigenvalue weighted by molar-refractivity contribution is 0.601. The topological polar surface area (TPSA) is 26.0 Å². The summed E-state index contributed by atoms with van der Waals surface area (Å²) in [7, 11) is 0. The van der Waals surface area contributed by atoms with Gasteiger partial charge in [-0.05, 0) is 17.9 Å². The molecule has 0 aliphatic heterocycles. The van der Waals surface area contributed by atoms with E-state index < -0.39 is 0 Å². The van der Waals surface area contributed by atoms with Crippen molar-refractivity contribution in [1.82, 2.24) is 0 Å². The van der Waals surface area contributed by atoms with E-state index in [9.17, 15) is 4.39 Å². The number of hydrogen-bond acceptors (Lipinski definition) is 2. The molecule has 2 N–H and O–H groups in total. The zero-order valence-electron chi connectivity index (χ0n) is 7.46. The average molecular weight is 197 g/mol. The number of hydrogen-bond donors (Lipinski definition) is 1. The molecular formula is C10H12FNS. The lowest BCUT2D eigenvalue weighted by Crippen LogP contribution is -1.92. The van der Waals surface area contributed by atoms with Gasteiger partial charge < -0.3 is 5.73 Å². The average Bonchev–Trinajstić information content (AvgIpc) is 2.15. The fourth-order valence-electron chi connectivity index (χ4n) is 1.07. The minimum atomic E-state index is -0.174. The van der Waals surface area contributed by atoms with Crippen LogP contribution in [-0.2, 0) is 0 Å². The van der Waals surface area contributed by atoms with Crippen molar-refractivity contribution in [3.8, 4) is 0 Å². The van der Waals surface area contributed by atoms with Gasteiger partial charge in [0, 0.05) is 11.4 Å². The predicted octanol–water partition coefficient (Wildman–Crippen LogP) is 2.52. The Labute approximate surface area is 81.8 Å². The van der Waals surface area contributed by atoms with E-state index in [1.54, 1.807) is 6.07 Å². The first-order chi connectivity index (χ1) is 6.29. The van der Waals surface area contributed by atoms with Crippen LogP contribution in [0, 0.1) is 5.82 Å². The van der Waals surface area contributed by atoms with E-state index in [0.717, 1.165) is 5.56 Å². The van der Waals surface area contributed by atoms with Gasteiger partial charge in [-0.3, -0.25) is 0 Å². The van der Waals surface area contributed by atoms with Gasteiger partial charge in [0.1, 0.15) is 5.82 Å². The van der Waals surface area contributed by atoms with Crippen molar-refractivity contribution in [2.24, 2.45) is 5.73 Å². The standard InChI is InChI=1S/C10H12FNS/c1-13-10-8(5-3-7-12)4-2-6-9(10)11/h2-6H,7,12H2,1H3/b5-3+. The fraction of sp³-hybridized carbons (Fsp3) is 0.200. The third kappa shape index (κ3) is 2.57. The highest BCUT2D eigenvalue weighted by molar-refractivity contribution is 7.98. The van der Waals surface area contributed by atoms with Crippen LogP contribution in [0.25, 0.3) is 6.08 Å². The minimum absolute atomic E-state index is 0.174. The van der Waals surface area contributed by atoms with E-state index in [4.69, 9.17) is 5.73 Å². The third-order valence-electron chi connectivity index (χ3n) is 1.64. The molecule has 0 atom stereocenters. The molecule has 0 radical (unpaired) electrons. The summed E-state index contributed by atoms with van der Waals surface area (Å²) in [4.78, 5) is 0.673. The Morgan fingerprint density at radius 1 is 1.54 bits per heavy atom. The molecule has 0 aliphatic carbocycles. The molecule has 3 heteroatoms. The van der Waals surface area contributed by atoms with Gasteiger partial charge in [0.2, 0.25) is 0 Å². The Hall–Kier alpha value is -0.800. The second-order valence-corrected chi connectivity index (χ2v) is 3.32. The Bertz CT molecular complexity index is 310. The van der Waals surface area contributed by atoms with Crippen molar-refractivity contribution in [2.45, 2.75) is 4.90 Å². The van der Waals surface area contributed by atoms with Crippen molar-refractivity contribution in [1.29, 1.82) is 0 Å². The summed E-state index contributed by atoms with van der Waals surface area (Å²) in [5, 5.41) is 0. The molecule has 1 aromatic rings. The van der Waals surface area contributed by atoms with E-state index in [-0.39, 0.29) is 5.82 Å². The molecule has 70 valence electrons. The van der Waals surface area contributed by atoms with Crippen LogP contribution < -0.4 is 5.73 Å². The maximum absolute atomic E-state index is 13.2. The quantitative estimate of drug-likeness (QED) is 0.753. The molecule has 0 aromatic heterocycles. The van der Waals surface area contributed by atoms with Gasteiger partial charge in [-0.15, -0.1) is 11.8 Å². The van der Waals surface area contributed by atoms with Crippen LogP contribution in [0.3, 0.4) is 0 Å². The Morgan fingerprint density at radius 3 is 2.92 bits per heavy atom. The maximum atomic E-state index is 13.2. The molecule has 0 aliphatic rings. The molecule has 0 saturated heterocycles. The lowest BCUT2D eigenvalue weighted by Gasteiger charge is -2.03. The first-order valence-corrected chi connectivity index (χ1v) is 5.21. The molecule has 0 bridgehead atoms. The molecule has 0 saturated carbocycles. The highest BCUT2D eigenvalue weighted by atomic mass is 32.2. The van der Waals surface area contributed by atoms with Crippen LogP contribution in [-0.4, -0.2) is 12.8 Å². The molecule has 0 amide bonds. The predicted molar refractivity (Wildman–Crippen MR) is 56.3 cm³/mol. The number of benzene rings is 1. The highest BCUT2D eigenvalue weighted by Crippen LogP contribution is 2.24. The zero-order valence-corrected chi connectivity index (χ0v) is 8.27. The Morgan fingerprint density at radius 2 is 2.31 bits per heavy atom. The Balaban J connectivity index is 3.05. The van der Waals surface area contributed by atoms with Crippen molar-refractivity contribution >= 4 is 17.8 Å². The molecule has 1 nitrogen and oxygen atoms in total. The van der Waals surface area contributed by atoms with Crippen LogP contribution in [0.1, 0.15) is 5.56 Å². The molecule has 13 heavy (non-hydrogen) atoms. The smallest absolute Gasteiger partial charge is 0.137 e. The van der Waals surface area contributed by atoms with Crippen LogP contribution in [0.5, 0.6) is 0 Å². The summed E-state index contributed by atoms with van der Waals surface area (Å²) in [6, 6.07) is 5.04. The SMILES string of the molecule is CSc1c(F)cccc1/C=C/CN. The summed E-state index contributed by atoms with van der Waals surface area (Å²) in [5.74, 6) is -0.174. The van der Waals surface area contributed by atoms with Gasteiger partial charge >= 0.3 is 0 Å². The van der Waals surface area contributed by atoms with E-state index in [0.29, 0.717) is 11.4 Å². The Kier molecular flexibility index (Phi) is 3.99. The summed E-state index contributed by atoms with van der Waals surface area (Å²) < 4.78 is 13.2. The normalized spacial score (nSPS) is 11.0. The van der Waals surface area contributed by atoms with Crippen LogP contribution in [0.4, 0.5) is 4.39 Å². The first-order valence-electron chi connectivity index (χ1n) is 3.98. The maximum Gasteiger partial charge on any atom is 0.137 e.